The van der Waals surface area contributed by atoms with Crippen LogP contribution in [0.5, 0.6) is 0 Å². The van der Waals surface area contributed by atoms with E-state index in [-0.39, 0.29) is 0 Å². The molecule has 0 saturated carbocycles. The van der Waals surface area contributed by atoms with Gasteiger partial charge in [-0.05, 0) is 34.9 Å². The van der Waals surface area contributed by atoms with E-state index in [1.54, 1.807) is 0 Å². The fraction of sp³-hybridized carbons (Fsp3) is 0.438. The van der Waals surface area contributed by atoms with E-state index in [1.807, 2.05) is 4.68 Å². The van der Waals surface area contributed by atoms with Crippen LogP contribution in [-0.4, -0.2) is 36.6 Å². The number of aromatic amines is 1. The Morgan fingerprint density at radius 2 is 2.23 bits per heavy atom. The lowest BCUT2D eigenvalue weighted by atomic mass is 9.93. The molecular formula is C16H18N6. The molecule has 0 aliphatic carbocycles. The number of benzene rings is 1. The lowest BCUT2D eigenvalue weighted by Gasteiger charge is -2.43. The highest BCUT2D eigenvalue weighted by molar-refractivity contribution is 5.85. The van der Waals surface area contributed by atoms with E-state index in [0.29, 0.717) is 12.1 Å². The van der Waals surface area contributed by atoms with E-state index in [1.165, 1.54) is 22.2 Å². The highest BCUT2D eigenvalue weighted by Crippen LogP contribution is 2.42. The van der Waals surface area contributed by atoms with Gasteiger partial charge in [-0.2, -0.15) is 0 Å². The number of hydrogen-bond donors (Lipinski definition) is 1. The third kappa shape index (κ3) is 1.50. The highest BCUT2D eigenvalue weighted by atomic mass is 15.6. The van der Waals surface area contributed by atoms with Crippen LogP contribution in [0.1, 0.15) is 42.5 Å². The van der Waals surface area contributed by atoms with Crippen molar-refractivity contribution in [3.63, 3.8) is 0 Å². The summed E-state index contributed by atoms with van der Waals surface area (Å²) in [6.45, 7) is 4.12. The van der Waals surface area contributed by atoms with Gasteiger partial charge in [0.2, 0.25) is 0 Å². The molecule has 2 aliphatic heterocycles. The van der Waals surface area contributed by atoms with Crippen molar-refractivity contribution in [1.29, 1.82) is 0 Å². The first-order chi connectivity index (χ1) is 10.9. The smallest absolute Gasteiger partial charge is 0.168 e. The van der Waals surface area contributed by atoms with Crippen molar-refractivity contribution >= 4 is 10.9 Å². The molecule has 0 bridgehead atoms. The molecular weight excluding hydrogens is 276 g/mol. The number of rotatable bonds is 1. The van der Waals surface area contributed by atoms with Crippen molar-refractivity contribution in [3.8, 4) is 0 Å². The minimum absolute atomic E-state index is 0.313. The molecule has 1 aromatic carbocycles. The Morgan fingerprint density at radius 3 is 3.14 bits per heavy atom. The van der Waals surface area contributed by atoms with Crippen molar-refractivity contribution in [3.05, 3.63) is 41.3 Å². The van der Waals surface area contributed by atoms with Crippen LogP contribution < -0.4 is 0 Å². The van der Waals surface area contributed by atoms with Gasteiger partial charge in [0, 0.05) is 23.1 Å². The fourth-order valence-electron chi connectivity index (χ4n) is 4.22. The molecule has 2 aromatic heterocycles. The Balaban J connectivity index is 1.69. The largest absolute Gasteiger partial charge is 0.357 e. The fourth-order valence-corrected chi connectivity index (χ4v) is 4.22. The van der Waals surface area contributed by atoms with E-state index in [0.717, 1.165) is 31.8 Å². The van der Waals surface area contributed by atoms with E-state index in [9.17, 15) is 0 Å². The maximum Gasteiger partial charge on any atom is 0.168 e. The van der Waals surface area contributed by atoms with Crippen LogP contribution in [0.4, 0.5) is 0 Å². The molecule has 2 aliphatic rings. The van der Waals surface area contributed by atoms with Gasteiger partial charge < -0.3 is 4.98 Å². The third-order valence-electron chi connectivity index (χ3n) is 5.19. The molecule has 0 saturated heterocycles. The van der Waals surface area contributed by atoms with Gasteiger partial charge in [-0.15, -0.1) is 5.10 Å². The molecule has 3 aromatic rings. The van der Waals surface area contributed by atoms with E-state index < -0.39 is 0 Å². The number of nitrogens with zero attached hydrogens (tertiary/aromatic N) is 5. The van der Waals surface area contributed by atoms with Crippen molar-refractivity contribution < 1.29 is 0 Å². The Labute approximate surface area is 128 Å². The van der Waals surface area contributed by atoms with Crippen LogP contribution in [0.15, 0.2) is 24.3 Å². The van der Waals surface area contributed by atoms with Gasteiger partial charge in [-0.1, -0.05) is 25.1 Å². The molecule has 22 heavy (non-hydrogen) atoms. The summed E-state index contributed by atoms with van der Waals surface area (Å²) >= 11 is 0. The average Bonchev–Trinajstić information content (AvgIpc) is 3.16. The van der Waals surface area contributed by atoms with Crippen molar-refractivity contribution in [2.24, 2.45) is 0 Å². The summed E-state index contributed by atoms with van der Waals surface area (Å²) in [5.74, 6) is 1.01. The summed E-state index contributed by atoms with van der Waals surface area (Å²) in [7, 11) is 0. The Morgan fingerprint density at radius 1 is 1.32 bits per heavy atom. The first kappa shape index (κ1) is 12.3. The first-order valence-corrected chi connectivity index (χ1v) is 7.98. The van der Waals surface area contributed by atoms with Crippen LogP contribution in [0.25, 0.3) is 10.9 Å². The van der Waals surface area contributed by atoms with E-state index in [4.69, 9.17) is 0 Å². The molecule has 6 nitrogen and oxygen atoms in total. The lowest BCUT2D eigenvalue weighted by Crippen LogP contribution is -2.45. The summed E-state index contributed by atoms with van der Waals surface area (Å²) in [6.07, 6.45) is 2.13. The Bertz CT molecular complexity index is 847. The van der Waals surface area contributed by atoms with Gasteiger partial charge in [-0.3, -0.25) is 4.90 Å². The van der Waals surface area contributed by atoms with Crippen LogP contribution in [-0.2, 0) is 13.0 Å². The van der Waals surface area contributed by atoms with Gasteiger partial charge in [0.15, 0.2) is 5.82 Å². The molecule has 1 N–H and O–H groups in total. The summed E-state index contributed by atoms with van der Waals surface area (Å²) in [6, 6.07) is 9.27. The second-order valence-electron chi connectivity index (χ2n) is 6.21. The SMILES string of the molecule is CCC1c2nnnn2CC2c3[nH]c4ccccc4c3CCN21. The maximum absolute atomic E-state index is 4.25. The van der Waals surface area contributed by atoms with Crippen LogP contribution >= 0.6 is 0 Å². The molecule has 0 radical (unpaired) electrons. The number of nitrogens with one attached hydrogen (secondary N) is 1. The first-order valence-electron chi connectivity index (χ1n) is 7.98. The van der Waals surface area contributed by atoms with Crippen molar-refractivity contribution in [2.75, 3.05) is 6.54 Å². The Kier molecular flexibility index (Phi) is 2.47. The summed E-state index contributed by atoms with van der Waals surface area (Å²) in [5, 5.41) is 13.7. The zero-order chi connectivity index (χ0) is 14.7. The Hall–Kier alpha value is -2.21. The second kappa shape index (κ2) is 4.39. The molecule has 2 atom stereocenters. The number of H-pyrrole nitrogens is 1. The lowest BCUT2D eigenvalue weighted by molar-refractivity contribution is 0.0662. The van der Waals surface area contributed by atoms with E-state index >= 15 is 0 Å². The minimum Gasteiger partial charge on any atom is -0.357 e. The van der Waals surface area contributed by atoms with Crippen molar-refractivity contribution in [1.82, 2.24) is 30.1 Å². The molecule has 4 heterocycles. The zero-order valence-corrected chi connectivity index (χ0v) is 12.5. The van der Waals surface area contributed by atoms with Gasteiger partial charge in [0.25, 0.3) is 0 Å². The monoisotopic (exact) mass is 294 g/mol. The van der Waals surface area contributed by atoms with Gasteiger partial charge in [0.1, 0.15) is 0 Å². The summed E-state index contributed by atoms with van der Waals surface area (Å²) < 4.78 is 1.98. The third-order valence-corrected chi connectivity index (χ3v) is 5.19. The molecule has 0 amide bonds. The molecule has 6 heteroatoms. The van der Waals surface area contributed by atoms with Crippen LogP contribution in [0.2, 0.25) is 0 Å². The molecule has 0 spiro atoms. The predicted octanol–water partition coefficient (Wildman–Crippen LogP) is 2.22. The molecule has 5 rings (SSSR count). The van der Waals surface area contributed by atoms with Crippen LogP contribution in [0, 0.1) is 0 Å². The minimum atomic E-state index is 0.313. The summed E-state index contributed by atoms with van der Waals surface area (Å²) in [5.41, 5.74) is 4.07. The number of para-hydroxylation sites is 1. The second-order valence-corrected chi connectivity index (χ2v) is 6.21. The average molecular weight is 294 g/mol. The predicted molar refractivity (Wildman–Crippen MR) is 82.3 cm³/mol. The molecule has 112 valence electrons. The van der Waals surface area contributed by atoms with E-state index in [2.05, 4.69) is 56.6 Å². The van der Waals surface area contributed by atoms with Gasteiger partial charge in [-0.25, -0.2) is 4.68 Å². The standard InChI is InChI=1S/C16H18N6/c1-2-13-16-18-19-20-22(16)9-14-15-11(7-8-21(13)14)10-5-3-4-6-12(10)17-15/h3-6,13-14,17H,2,7-9H2,1H3. The molecule has 2 unspecified atom stereocenters. The summed E-state index contributed by atoms with van der Waals surface area (Å²) in [4.78, 5) is 6.23. The maximum atomic E-state index is 4.25. The zero-order valence-electron chi connectivity index (χ0n) is 12.5. The quantitative estimate of drug-likeness (QED) is 0.747. The van der Waals surface area contributed by atoms with Crippen molar-refractivity contribution in [2.45, 2.75) is 38.4 Å². The number of fused-ring (bicyclic) bond motifs is 6. The van der Waals surface area contributed by atoms with Gasteiger partial charge >= 0.3 is 0 Å². The number of aromatic nitrogens is 5. The number of hydrogen-bond acceptors (Lipinski definition) is 4. The normalized spacial score (nSPS) is 24.0. The van der Waals surface area contributed by atoms with Gasteiger partial charge in [0.05, 0.1) is 18.6 Å². The van der Waals surface area contributed by atoms with Crippen LogP contribution in [0.3, 0.4) is 0 Å². The highest BCUT2D eigenvalue weighted by Gasteiger charge is 2.40. The topological polar surface area (TPSA) is 62.6 Å². The number of tetrazole rings is 1. The molecule has 0 fully saturated rings.